The maximum atomic E-state index is 10.8. The molecule has 0 fully saturated rings. The normalized spacial score (nSPS) is 12.2. The van der Waals surface area contributed by atoms with Gasteiger partial charge in [0.05, 0.1) is 22.7 Å². The zero-order valence-electron chi connectivity index (χ0n) is 8.56. The van der Waals surface area contributed by atoms with Crippen molar-refractivity contribution in [3.05, 3.63) is 32.3 Å². The molecule has 0 spiro atoms. The van der Waals surface area contributed by atoms with Gasteiger partial charge in [-0.3, -0.25) is 10.1 Å². The van der Waals surface area contributed by atoms with Gasteiger partial charge in [0.25, 0.3) is 5.69 Å². The van der Waals surface area contributed by atoms with Gasteiger partial charge in [-0.2, -0.15) is 0 Å². The van der Waals surface area contributed by atoms with Crippen molar-refractivity contribution in [3.8, 4) is 0 Å². The molecule has 0 aliphatic heterocycles. The Bertz CT molecular complexity index is 428. The lowest BCUT2D eigenvalue weighted by atomic mass is 10.2. The van der Waals surface area contributed by atoms with Gasteiger partial charge in [0.15, 0.2) is 0 Å². The smallest absolute Gasteiger partial charge is 0.295 e. The number of rotatable bonds is 5. The van der Waals surface area contributed by atoms with E-state index in [0.29, 0.717) is 0 Å². The van der Waals surface area contributed by atoms with Crippen LogP contribution >= 0.6 is 23.2 Å². The molecule has 0 saturated carbocycles. The van der Waals surface area contributed by atoms with Crippen molar-refractivity contribution in [2.45, 2.75) is 6.10 Å². The van der Waals surface area contributed by atoms with Gasteiger partial charge in [0.2, 0.25) is 0 Å². The van der Waals surface area contributed by atoms with E-state index in [1.807, 2.05) is 0 Å². The Hall–Kier alpha value is -1.08. The van der Waals surface area contributed by atoms with Crippen molar-refractivity contribution >= 4 is 34.6 Å². The Morgan fingerprint density at radius 2 is 2.12 bits per heavy atom. The molecule has 0 aliphatic rings. The van der Waals surface area contributed by atoms with Gasteiger partial charge >= 0.3 is 0 Å². The number of halogens is 2. The number of nitrogens with zero attached hydrogens (tertiary/aromatic N) is 1. The summed E-state index contributed by atoms with van der Waals surface area (Å²) in [4.78, 5) is 10.1. The average Bonchev–Trinajstić information content (AvgIpc) is 2.26. The molecule has 0 bridgehead atoms. The van der Waals surface area contributed by atoms with E-state index in [1.54, 1.807) is 0 Å². The van der Waals surface area contributed by atoms with E-state index in [1.165, 1.54) is 6.07 Å². The fraction of sp³-hybridized carbons (Fsp3) is 0.333. The van der Waals surface area contributed by atoms with E-state index in [2.05, 4.69) is 5.32 Å². The van der Waals surface area contributed by atoms with Crippen molar-refractivity contribution in [2.75, 3.05) is 18.5 Å². The summed E-state index contributed by atoms with van der Waals surface area (Å²) >= 11 is 11.5. The van der Waals surface area contributed by atoms with E-state index in [0.717, 1.165) is 6.07 Å². The van der Waals surface area contributed by atoms with Crippen LogP contribution in [0.1, 0.15) is 0 Å². The number of hydrogen-bond donors (Lipinski definition) is 3. The molecule has 8 heteroatoms. The molecule has 1 unspecified atom stereocenters. The highest BCUT2D eigenvalue weighted by Crippen LogP contribution is 2.35. The molecule has 1 aromatic carbocycles. The fourth-order valence-electron chi connectivity index (χ4n) is 1.16. The highest BCUT2D eigenvalue weighted by molar-refractivity contribution is 6.37. The largest absolute Gasteiger partial charge is 0.394 e. The van der Waals surface area contributed by atoms with Crippen LogP contribution in [-0.2, 0) is 0 Å². The van der Waals surface area contributed by atoms with Gasteiger partial charge in [-0.05, 0) is 6.07 Å². The first-order valence-corrected chi connectivity index (χ1v) is 5.37. The SMILES string of the molecule is O=[N+]([O-])c1cc(Cl)cc(Cl)c1NCC(O)CO. The van der Waals surface area contributed by atoms with Crippen molar-refractivity contribution in [2.24, 2.45) is 0 Å². The lowest BCUT2D eigenvalue weighted by Crippen LogP contribution is -2.23. The van der Waals surface area contributed by atoms with E-state index >= 15 is 0 Å². The molecule has 1 atom stereocenters. The van der Waals surface area contributed by atoms with Crippen molar-refractivity contribution in [1.82, 2.24) is 0 Å². The average molecular weight is 281 g/mol. The number of nitro groups is 1. The number of benzene rings is 1. The molecule has 94 valence electrons. The standard InChI is InChI=1S/C9H10Cl2N2O4/c10-5-1-7(11)9(8(2-5)13(16)17)12-3-6(15)4-14/h1-2,6,12,14-15H,3-4H2. The minimum absolute atomic E-state index is 0.0569. The Morgan fingerprint density at radius 1 is 1.47 bits per heavy atom. The first-order chi connectivity index (χ1) is 7.95. The highest BCUT2D eigenvalue weighted by Gasteiger charge is 2.19. The van der Waals surface area contributed by atoms with Gasteiger partial charge in [-0.1, -0.05) is 23.2 Å². The van der Waals surface area contributed by atoms with Gasteiger partial charge in [0.1, 0.15) is 5.69 Å². The van der Waals surface area contributed by atoms with Crippen molar-refractivity contribution in [1.29, 1.82) is 0 Å². The quantitative estimate of drug-likeness (QED) is 0.563. The molecule has 3 N–H and O–H groups in total. The predicted octanol–water partition coefficient (Wildman–Crippen LogP) is 1.67. The summed E-state index contributed by atoms with van der Waals surface area (Å²) in [5.74, 6) is 0. The Labute approximate surface area is 107 Å². The van der Waals surface area contributed by atoms with E-state index < -0.39 is 17.6 Å². The summed E-state index contributed by atoms with van der Waals surface area (Å²) in [6.07, 6.45) is -1.03. The Morgan fingerprint density at radius 3 is 2.65 bits per heavy atom. The van der Waals surface area contributed by atoms with E-state index in [9.17, 15) is 10.1 Å². The third-order valence-corrected chi connectivity index (χ3v) is 2.47. The predicted molar refractivity (Wildman–Crippen MR) is 64.7 cm³/mol. The van der Waals surface area contributed by atoms with Crippen LogP contribution in [0.25, 0.3) is 0 Å². The summed E-state index contributed by atoms with van der Waals surface area (Å²) in [5.41, 5.74) is -0.221. The van der Waals surface area contributed by atoms with Crippen LogP contribution in [0.2, 0.25) is 10.0 Å². The summed E-state index contributed by atoms with van der Waals surface area (Å²) in [7, 11) is 0. The van der Waals surface area contributed by atoms with Crippen molar-refractivity contribution in [3.63, 3.8) is 0 Å². The maximum Gasteiger partial charge on any atom is 0.295 e. The number of aliphatic hydroxyl groups is 2. The summed E-state index contributed by atoms with van der Waals surface area (Å²) in [6.45, 7) is -0.509. The topological polar surface area (TPSA) is 95.6 Å². The van der Waals surface area contributed by atoms with Crippen LogP contribution in [-0.4, -0.2) is 34.4 Å². The van der Waals surface area contributed by atoms with Crippen LogP contribution < -0.4 is 5.32 Å². The minimum Gasteiger partial charge on any atom is -0.394 e. The van der Waals surface area contributed by atoms with Gasteiger partial charge in [0, 0.05) is 17.6 Å². The Balaban J connectivity index is 3.00. The van der Waals surface area contributed by atoms with Gasteiger partial charge < -0.3 is 15.5 Å². The molecule has 0 heterocycles. The third kappa shape index (κ3) is 3.71. The maximum absolute atomic E-state index is 10.8. The zero-order chi connectivity index (χ0) is 13.0. The number of anilines is 1. The minimum atomic E-state index is -1.03. The second-order valence-electron chi connectivity index (χ2n) is 3.26. The summed E-state index contributed by atoms with van der Waals surface area (Å²) < 4.78 is 0. The third-order valence-electron chi connectivity index (χ3n) is 1.96. The van der Waals surface area contributed by atoms with Crippen LogP contribution in [0, 0.1) is 10.1 Å². The van der Waals surface area contributed by atoms with E-state index in [-0.39, 0.29) is 28.0 Å². The summed E-state index contributed by atoms with van der Waals surface area (Å²) in [6, 6.07) is 2.50. The lowest BCUT2D eigenvalue weighted by Gasteiger charge is -2.12. The van der Waals surface area contributed by atoms with Gasteiger partial charge in [-0.15, -0.1) is 0 Å². The van der Waals surface area contributed by atoms with Crippen LogP contribution in [0.15, 0.2) is 12.1 Å². The number of aliphatic hydroxyl groups excluding tert-OH is 2. The molecule has 1 aromatic rings. The first kappa shape index (κ1) is 14.0. The van der Waals surface area contributed by atoms with Crippen LogP contribution in [0.5, 0.6) is 0 Å². The van der Waals surface area contributed by atoms with Gasteiger partial charge in [-0.25, -0.2) is 0 Å². The number of nitro benzene ring substituents is 1. The first-order valence-electron chi connectivity index (χ1n) is 4.62. The van der Waals surface area contributed by atoms with E-state index in [4.69, 9.17) is 33.4 Å². The highest BCUT2D eigenvalue weighted by atomic mass is 35.5. The van der Waals surface area contributed by atoms with Crippen LogP contribution in [0.3, 0.4) is 0 Å². The molecule has 0 saturated heterocycles. The molecular formula is C9H10Cl2N2O4. The molecule has 6 nitrogen and oxygen atoms in total. The summed E-state index contributed by atoms with van der Waals surface area (Å²) in [5, 5.41) is 31.4. The lowest BCUT2D eigenvalue weighted by molar-refractivity contribution is -0.383. The molecule has 0 amide bonds. The fourth-order valence-corrected chi connectivity index (χ4v) is 1.71. The number of nitrogens with one attached hydrogen (secondary N) is 1. The molecule has 17 heavy (non-hydrogen) atoms. The second-order valence-corrected chi connectivity index (χ2v) is 4.10. The van der Waals surface area contributed by atoms with Crippen LogP contribution in [0.4, 0.5) is 11.4 Å². The monoisotopic (exact) mass is 280 g/mol. The Kier molecular flexibility index (Phi) is 4.95. The molecule has 0 aliphatic carbocycles. The number of hydrogen-bond acceptors (Lipinski definition) is 5. The molecule has 0 radical (unpaired) electrons. The zero-order valence-corrected chi connectivity index (χ0v) is 10.1. The molecule has 0 aromatic heterocycles. The second kappa shape index (κ2) is 6.02. The van der Waals surface area contributed by atoms with Crippen molar-refractivity contribution < 1.29 is 15.1 Å². The molecule has 1 rings (SSSR count). The molecular weight excluding hydrogens is 271 g/mol.